The number of hydrogen-bond donors (Lipinski definition) is 0. The van der Waals surface area contributed by atoms with Crippen LogP contribution in [0.4, 0.5) is 4.39 Å². The highest BCUT2D eigenvalue weighted by atomic mass is 19.1. The molecule has 100 valence electrons. The lowest BCUT2D eigenvalue weighted by Gasteiger charge is -2.27. The Morgan fingerprint density at radius 1 is 1.00 bits per heavy atom. The highest BCUT2D eigenvalue weighted by Gasteiger charge is 2.17. The average Bonchev–Trinajstić information content (AvgIpc) is 2.40. The number of piperidine rings is 1. The Kier molecular flexibility index (Phi) is 4.76. The van der Waals surface area contributed by atoms with Crippen LogP contribution in [0.5, 0.6) is 0 Å². The highest BCUT2D eigenvalue weighted by molar-refractivity contribution is 5.26. The van der Waals surface area contributed by atoms with Gasteiger partial charge in [-0.25, -0.2) is 4.39 Å². The molecule has 1 aliphatic heterocycles. The van der Waals surface area contributed by atoms with Crippen molar-refractivity contribution in [2.75, 3.05) is 19.6 Å². The summed E-state index contributed by atoms with van der Waals surface area (Å²) in [5.41, 5.74) is 2.11. The molecule has 0 saturated carbocycles. The van der Waals surface area contributed by atoms with Crippen molar-refractivity contribution in [2.24, 2.45) is 0 Å². The zero-order chi connectivity index (χ0) is 13.0. The van der Waals surface area contributed by atoms with E-state index in [2.05, 4.69) is 30.9 Å². The molecule has 0 radical (unpaired) electrons. The van der Waals surface area contributed by atoms with Crippen LogP contribution in [0.15, 0.2) is 24.3 Å². The first-order valence-electron chi connectivity index (χ1n) is 7.13. The minimum Gasteiger partial charge on any atom is -0.300 e. The lowest BCUT2D eigenvalue weighted by molar-refractivity contribution is 0.167. The summed E-state index contributed by atoms with van der Waals surface area (Å²) in [4.78, 5) is 2.25. The molecule has 1 aliphatic rings. The molecule has 1 aromatic rings. The van der Waals surface area contributed by atoms with Crippen LogP contribution < -0.4 is 0 Å². The molecule has 0 aromatic heterocycles. The van der Waals surface area contributed by atoms with Gasteiger partial charge in [0, 0.05) is 6.54 Å². The Hall–Kier alpha value is -0.890. The second-order valence-electron chi connectivity index (χ2n) is 5.65. The summed E-state index contributed by atoms with van der Waals surface area (Å²) in [6, 6.07) is 8.01. The Bertz CT molecular complexity index is 352. The van der Waals surface area contributed by atoms with Crippen molar-refractivity contribution in [3.8, 4) is 0 Å². The quantitative estimate of drug-likeness (QED) is 0.768. The van der Waals surface area contributed by atoms with E-state index in [-0.39, 0.29) is 0 Å². The third kappa shape index (κ3) is 3.55. The van der Waals surface area contributed by atoms with E-state index in [1.54, 1.807) is 0 Å². The van der Waals surface area contributed by atoms with E-state index in [1.165, 1.54) is 24.8 Å². The van der Waals surface area contributed by atoms with Gasteiger partial charge >= 0.3 is 0 Å². The van der Waals surface area contributed by atoms with E-state index in [4.69, 9.17) is 0 Å². The molecule has 2 heteroatoms. The van der Waals surface area contributed by atoms with Gasteiger partial charge in [0.25, 0.3) is 0 Å². The fraction of sp³-hybridized carbons (Fsp3) is 0.625. The molecule has 0 spiro atoms. The first-order valence-corrected chi connectivity index (χ1v) is 7.13. The minimum atomic E-state index is -0.843. The van der Waals surface area contributed by atoms with Crippen LogP contribution >= 0.6 is 0 Å². The van der Waals surface area contributed by atoms with Crippen molar-refractivity contribution < 1.29 is 4.39 Å². The summed E-state index contributed by atoms with van der Waals surface area (Å²) in [5.74, 6) is 0.513. The monoisotopic (exact) mass is 249 g/mol. The van der Waals surface area contributed by atoms with Crippen LogP contribution in [0, 0.1) is 0 Å². The predicted molar refractivity (Wildman–Crippen MR) is 74.7 cm³/mol. The third-order valence-electron chi connectivity index (χ3n) is 3.83. The maximum atomic E-state index is 14.2. The van der Waals surface area contributed by atoms with Gasteiger partial charge in [0.2, 0.25) is 0 Å². The molecule has 1 saturated heterocycles. The van der Waals surface area contributed by atoms with E-state index in [1.807, 2.05) is 12.1 Å². The number of nitrogens with zero attached hydrogens (tertiary/aromatic N) is 1. The summed E-state index contributed by atoms with van der Waals surface area (Å²) in [7, 11) is 0. The van der Waals surface area contributed by atoms with Gasteiger partial charge < -0.3 is 4.90 Å². The van der Waals surface area contributed by atoms with Gasteiger partial charge in [-0.05, 0) is 43.0 Å². The molecule has 1 heterocycles. The maximum absolute atomic E-state index is 14.2. The third-order valence-corrected chi connectivity index (χ3v) is 3.83. The van der Waals surface area contributed by atoms with Crippen molar-refractivity contribution in [1.82, 2.24) is 4.90 Å². The summed E-state index contributed by atoms with van der Waals surface area (Å²) in [6.07, 6.45) is 2.90. The first-order chi connectivity index (χ1) is 8.66. The molecule has 1 fully saturated rings. The van der Waals surface area contributed by atoms with E-state index >= 15 is 0 Å². The summed E-state index contributed by atoms with van der Waals surface area (Å²) in [6.45, 7) is 7.00. The second kappa shape index (κ2) is 6.33. The van der Waals surface area contributed by atoms with E-state index in [0.717, 1.165) is 18.7 Å². The normalized spacial score (nSPS) is 19.1. The molecule has 2 rings (SSSR count). The van der Waals surface area contributed by atoms with Crippen LogP contribution in [0.1, 0.15) is 56.3 Å². The van der Waals surface area contributed by atoms with Crippen LogP contribution in [0.2, 0.25) is 0 Å². The van der Waals surface area contributed by atoms with Gasteiger partial charge in [-0.1, -0.05) is 44.5 Å². The Balaban J connectivity index is 1.93. The fourth-order valence-corrected chi connectivity index (χ4v) is 2.56. The van der Waals surface area contributed by atoms with Gasteiger partial charge in [-0.2, -0.15) is 0 Å². The number of halogens is 1. The van der Waals surface area contributed by atoms with Crippen LogP contribution in [0.25, 0.3) is 0 Å². The molecule has 18 heavy (non-hydrogen) atoms. The van der Waals surface area contributed by atoms with Crippen LogP contribution in [-0.4, -0.2) is 24.5 Å². The Labute approximate surface area is 110 Å². The highest BCUT2D eigenvalue weighted by Crippen LogP contribution is 2.23. The fourth-order valence-electron chi connectivity index (χ4n) is 2.56. The largest absolute Gasteiger partial charge is 0.300 e. The molecule has 0 N–H and O–H groups in total. The first kappa shape index (κ1) is 13.5. The molecule has 1 aromatic carbocycles. The van der Waals surface area contributed by atoms with Crippen molar-refractivity contribution >= 4 is 0 Å². The summed E-state index contributed by atoms with van der Waals surface area (Å²) < 4.78 is 14.2. The van der Waals surface area contributed by atoms with Gasteiger partial charge in [0.15, 0.2) is 0 Å². The average molecular weight is 249 g/mol. The molecule has 1 unspecified atom stereocenters. The lowest BCUT2D eigenvalue weighted by atomic mass is 10.00. The minimum absolute atomic E-state index is 0.513. The van der Waals surface area contributed by atoms with E-state index in [9.17, 15) is 4.39 Å². The zero-order valence-electron chi connectivity index (χ0n) is 11.5. The van der Waals surface area contributed by atoms with Crippen LogP contribution in [0.3, 0.4) is 0 Å². The number of benzene rings is 1. The summed E-state index contributed by atoms with van der Waals surface area (Å²) >= 11 is 0. The SMILES string of the molecule is CC(C)c1ccc(C(F)CN2CCCCC2)cc1. The van der Waals surface area contributed by atoms with Gasteiger partial charge in [0.1, 0.15) is 6.17 Å². The van der Waals surface area contributed by atoms with Gasteiger partial charge in [-0.15, -0.1) is 0 Å². The predicted octanol–water partition coefficient (Wildman–Crippen LogP) is 4.31. The molecule has 1 atom stereocenters. The van der Waals surface area contributed by atoms with Gasteiger partial charge in [-0.3, -0.25) is 0 Å². The number of hydrogen-bond acceptors (Lipinski definition) is 1. The number of alkyl halides is 1. The maximum Gasteiger partial charge on any atom is 0.138 e. The topological polar surface area (TPSA) is 3.24 Å². The Morgan fingerprint density at radius 2 is 1.56 bits per heavy atom. The molecular weight excluding hydrogens is 225 g/mol. The van der Waals surface area contributed by atoms with Crippen molar-refractivity contribution in [1.29, 1.82) is 0 Å². The lowest BCUT2D eigenvalue weighted by Crippen LogP contribution is -2.32. The van der Waals surface area contributed by atoms with Crippen molar-refractivity contribution in [2.45, 2.75) is 45.2 Å². The number of likely N-dealkylation sites (tertiary alicyclic amines) is 1. The van der Waals surface area contributed by atoms with E-state index < -0.39 is 6.17 Å². The summed E-state index contributed by atoms with van der Waals surface area (Å²) in [5, 5.41) is 0. The molecule has 0 bridgehead atoms. The molecule has 0 amide bonds. The molecule has 1 nitrogen and oxygen atoms in total. The Morgan fingerprint density at radius 3 is 2.11 bits per heavy atom. The standard InChI is InChI=1S/C16H24FN/c1-13(2)14-6-8-15(9-7-14)16(17)12-18-10-4-3-5-11-18/h6-9,13,16H,3-5,10-12H2,1-2H3. The van der Waals surface area contributed by atoms with Crippen LogP contribution in [-0.2, 0) is 0 Å². The zero-order valence-corrected chi connectivity index (χ0v) is 11.5. The van der Waals surface area contributed by atoms with Crippen molar-refractivity contribution in [3.63, 3.8) is 0 Å². The smallest absolute Gasteiger partial charge is 0.138 e. The molecular formula is C16H24FN. The van der Waals surface area contributed by atoms with Gasteiger partial charge in [0.05, 0.1) is 0 Å². The van der Waals surface area contributed by atoms with Crippen molar-refractivity contribution in [3.05, 3.63) is 35.4 Å². The second-order valence-corrected chi connectivity index (χ2v) is 5.65. The van der Waals surface area contributed by atoms with E-state index in [0.29, 0.717) is 12.5 Å². The number of rotatable bonds is 4. The molecule has 0 aliphatic carbocycles.